The first-order valence-corrected chi connectivity index (χ1v) is 7.82. The normalized spacial score (nSPS) is 11.0. The van der Waals surface area contributed by atoms with Gasteiger partial charge < -0.3 is 8.83 Å². The van der Waals surface area contributed by atoms with E-state index in [1.54, 1.807) is 24.5 Å². The number of aryl methyl sites for hydroxylation is 1. The molecule has 0 saturated carbocycles. The van der Waals surface area contributed by atoms with Crippen molar-refractivity contribution in [3.8, 4) is 11.5 Å². The van der Waals surface area contributed by atoms with Crippen LogP contribution in [0.5, 0.6) is 0 Å². The Labute approximate surface area is 135 Å². The largest absolute Gasteiger partial charge is 0.469 e. The van der Waals surface area contributed by atoms with Gasteiger partial charge in [-0.1, -0.05) is 41.0 Å². The second-order valence-corrected chi connectivity index (χ2v) is 6.06. The van der Waals surface area contributed by atoms with E-state index in [4.69, 9.17) is 32.0 Å². The molecular formula is C14H10Cl2N2O2S. The van der Waals surface area contributed by atoms with Crippen molar-refractivity contribution in [2.45, 2.75) is 17.9 Å². The van der Waals surface area contributed by atoms with E-state index in [0.717, 1.165) is 16.9 Å². The van der Waals surface area contributed by atoms with Gasteiger partial charge >= 0.3 is 0 Å². The molecule has 2 heterocycles. The summed E-state index contributed by atoms with van der Waals surface area (Å²) in [5.41, 5.74) is 1.77. The minimum Gasteiger partial charge on any atom is -0.469 e. The third-order valence-electron chi connectivity index (χ3n) is 2.86. The zero-order chi connectivity index (χ0) is 14.8. The molecule has 108 valence electrons. The first-order chi connectivity index (χ1) is 10.1. The number of benzene rings is 1. The number of furan rings is 1. The topological polar surface area (TPSA) is 52.1 Å². The molecule has 3 rings (SSSR count). The van der Waals surface area contributed by atoms with Gasteiger partial charge in [-0.15, -0.1) is 10.2 Å². The lowest BCUT2D eigenvalue weighted by Crippen LogP contribution is -1.82. The van der Waals surface area contributed by atoms with Gasteiger partial charge in [0.2, 0.25) is 0 Å². The van der Waals surface area contributed by atoms with Crippen molar-refractivity contribution in [2.24, 2.45) is 0 Å². The molecule has 0 aliphatic heterocycles. The average Bonchev–Trinajstić information content (AvgIpc) is 3.06. The Hall–Kier alpha value is -1.43. The molecule has 0 aliphatic rings. The summed E-state index contributed by atoms with van der Waals surface area (Å²) in [7, 11) is 0. The van der Waals surface area contributed by atoms with Gasteiger partial charge in [-0.2, -0.15) is 0 Å². The number of thioether (sulfide) groups is 1. The minimum atomic E-state index is 0.450. The summed E-state index contributed by atoms with van der Waals surface area (Å²) in [5.74, 6) is 1.82. The zero-order valence-corrected chi connectivity index (χ0v) is 13.3. The maximum atomic E-state index is 6.13. The van der Waals surface area contributed by atoms with Crippen molar-refractivity contribution in [3.05, 3.63) is 51.9 Å². The number of hydrogen-bond donors (Lipinski definition) is 0. The van der Waals surface area contributed by atoms with Crippen LogP contribution >= 0.6 is 35.0 Å². The summed E-state index contributed by atoms with van der Waals surface area (Å²) in [6.45, 7) is 1.85. The molecule has 0 aliphatic carbocycles. The third kappa shape index (κ3) is 3.26. The Morgan fingerprint density at radius 1 is 1.19 bits per heavy atom. The highest BCUT2D eigenvalue weighted by Crippen LogP contribution is 2.30. The number of rotatable bonds is 4. The van der Waals surface area contributed by atoms with Crippen LogP contribution in [0.3, 0.4) is 0 Å². The van der Waals surface area contributed by atoms with Gasteiger partial charge in [-0.25, -0.2) is 0 Å². The third-order valence-corrected chi connectivity index (χ3v) is 4.32. The SMILES string of the molecule is Cc1occc1-c1nnc(SCc2ccc(Cl)cc2Cl)o1. The van der Waals surface area contributed by atoms with Crippen molar-refractivity contribution >= 4 is 35.0 Å². The summed E-state index contributed by atoms with van der Waals surface area (Å²) in [5, 5.41) is 9.75. The highest BCUT2D eigenvalue weighted by Gasteiger charge is 2.13. The average molecular weight is 341 g/mol. The molecule has 0 spiro atoms. The van der Waals surface area contributed by atoms with Crippen molar-refractivity contribution in [2.75, 3.05) is 0 Å². The van der Waals surface area contributed by atoms with E-state index in [9.17, 15) is 0 Å². The summed E-state index contributed by atoms with van der Waals surface area (Å²) in [4.78, 5) is 0. The van der Waals surface area contributed by atoms with Crippen molar-refractivity contribution in [1.82, 2.24) is 10.2 Å². The highest BCUT2D eigenvalue weighted by molar-refractivity contribution is 7.98. The van der Waals surface area contributed by atoms with E-state index >= 15 is 0 Å². The molecule has 4 nitrogen and oxygen atoms in total. The second kappa shape index (κ2) is 6.13. The van der Waals surface area contributed by atoms with Gasteiger partial charge in [-0.05, 0) is 30.7 Å². The van der Waals surface area contributed by atoms with Crippen LogP contribution in [0.15, 0.2) is 44.6 Å². The molecule has 2 aromatic heterocycles. The van der Waals surface area contributed by atoms with Crippen LogP contribution in [-0.2, 0) is 5.75 Å². The van der Waals surface area contributed by atoms with Crippen molar-refractivity contribution in [3.63, 3.8) is 0 Å². The van der Waals surface area contributed by atoms with Crippen LogP contribution in [0.1, 0.15) is 11.3 Å². The fraction of sp³-hybridized carbons (Fsp3) is 0.143. The molecule has 21 heavy (non-hydrogen) atoms. The van der Waals surface area contributed by atoms with E-state index < -0.39 is 0 Å². The van der Waals surface area contributed by atoms with Crippen LogP contribution in [-0.4, -0.2) is 10.2 Å². The van der Waals surface area contributed by atoms with Gasteiger partial charge in [0.1, 0.15) is 5.76 Å². The molecule has 0 atom stereocenters. The van der Waals surface area contributed by atoms with E-state index in [0.29, 0.717) is 26.9 Å². The Morgan fingerprint density at radius 2 is 2.05 bits per heavy atom. The Kier molecular flexibility index (Phi) is 4.24. The highest BCUT2D eigenvalue weighted by atomic mass is 35.5. The fourth-order valence-corrected chi connectivity index (χ4v) is 3.08. The minimum absolute atomic E-state index is 0.450. The molecule has 0 fully saturated rings. The van der Waals surface area contributed by atoms with E-state index in [-0.39, 0.29) is 0 Å². The summed E-state index contributed by atoms with van der Waals surface area (Å²) in [6.07, 6.45) is 1.59. The molecule has 0 unspecified atom stereocenters. The van der Waals surface area contributed by atoms with Crippen LogP contribution in [0, 0.1) is 6.92 Å². The van der Waals surface area contributed by atoms with E-state index in [1.807, 2.05) is 13.0 Å². The molecule has 7 heteroatoms. The Balaban J connectivity index is 1.72. The van der Waals surface area contributed by atoms with Gasteiger partial charge in [0.05, 0.1) is 11.8 Å². The monoisotopic (exact) mass is 340 g/mol. The summed E-state index contributed by atoms with van der Waals surface area (Å²) < 4.78 is 10.8. The van der Waals surface area contributed by atoms with Crippen LogP contribution < -0.4 is 0 Å². The van der Waals surface area contributed by atoms with Crippen molar-refractivity contribution in [1.29, 1.82) is 0 Å². The predicted molar refractivity (Wildman–Crippen MR) is 82.8 cm³/mol. The summed E-state index contributed by atoms with van der Waals surface area (Å²) >= 11 is 13.4. The molecule has 0 radical (unpaired) electrons. The van der Waals surface area contributed by atoms with E-state index in [1.165, 1.54) is 11.8 Å². The molecule has 0 bridgehead atoms. The lowest BCUT2D eigenvalue weighted by atomic mass is 10.2. The van der Waals surface area contributed by atoms with Gasteiger partial charge in [0.15, 0.2) is 0 Å². The zero-order valence-electron chi connectivity index (χ0n) is 11.0. The molecule has 1 aromatic carbocycles. The van der Waals surface area contributed by atoms with Crippen LogP contribution in [0.2, 0.25) is 10.0 Å². The maximum absolute atomic E-state index is 6.13. The molecule has 0 amide bonds. The van der Waals surface area contributed by atoms with E-state index in [2.05, 4.69) is 10.2 Å². The lowest BCUT2D eigenvalue weighted by molar-refractivity contribution is 0.463. The predicted octanol–water partition coefficient (Wildman–Crippen LogP) is 5.24. The van der Waals surface area contributed by atoms with Gasteiger partial charge in [0, 0.05) is 15.8 Å². The van der Waals surface area contributed by atoms with Gasteiger partial charge in [0.25, 0.3) is 11.1 Å². The molecular weight excluding hydrogens is 331 g/mol. The summed E-state index contributed by atoms with van der Waals surface area (Å²) in [6, 6.07) is 7.20. The number of halogens is 2. The van der Waals surface area contributed by atoms with Crippen molar-refractivity contribution < 1.29 is 8.83 Å². The Morgan fingerprint density at radius 3 is 2.76 bits per heavy atom. The van der Waals surface area contributed by atoms with Crippen LogP contribution in [0.4, 0.5) is 0 Å². The maximum Gasteiger partial charge on any atom is 0.277 e. The second-order valence-electron chi connectivity index (χ2n) is 4.29. The molecule has 3 aromatic rings. The first kappa shape index (κ1) is 14.5. The fourth-order valence-electron chi connectivity index (χ4n) is 1.76. The number of hydrogen-bond acceptors (Lipinski definition) is 5. The number of aromatic nitrogens is 2. The molecule has 0 saturated heterocycles. The Bertz CT molecular complexity index is 770. The smallest absolute Gasteiger partial charge is 0.277 e. The van der Waals surface area contributed by atoms with Gasteiger partial charge in [-0.3, -0.25) is 0 Å². The number of nitrogens with zero attached hydrogens (tertiary/aromatic N) is 2. The standard InChI is InChI=1S/C14H10Cl2N2O2S/c1-8-11(4-5-19-8)13-17-18-14(20-13)21-7-9-2-3-10(15)6-12(9)16/h2-6H,7H2,1H3. The quantitative estimate of drug-likeness (QED) is 0.608. The van der Waals surface area contributed by atoms with Crippen LogP contribution in [0.25, 0.3) is 11.5 Å². The first-order valence-electron chi connectivity index (χ1n) is 6.08. The lowest BCUT2D eigenvalue weighted by Gasteiger charge is -2.02. The molecule has 0 N–H and O–H groups in total.